The second-order valence-electron chi connectivity index (χ2n) is 5.12. The second-order valence-corrected chi connectivity index (χ2v) is 5.12. The molecule has 19 heavy (non-hydrogen) atoms. The molecule has 6 nitrogen and oxygen atoms in total. The van der Waals surface area contributed by atoms with Crippen molar-refractivity contribution in [1.82, 2.24) is 9.97 Å². The van der Waals surface area contributed by atoms with Crippen LogP contribution in [0.2, 0.25) is 0 Å². The second kappa shape index (κ2) is 5.03. The maximum absolute atomic E-state index is 11.3. The molecule has 1 N–H and O–H groups in total. The van der Waals surface area contributed by atoms with E-state index in [0.29, 0.717) is 23.6 Å². The molecule has 1 saturated carbocycles. The Bertz CT molecular complexity index is 486. The number of anilines is 2. The predicted molar refractivity (Wildman–Crippen MR) is 71.4 cm³/mol. The fraction of sp³-hybridized carbons (Fsp3) is 0.615. The van der Waals surface area contributed by atoms with Gasteiger partial charge in [0, 0.05) is 13.1 Å². The van der Waals surface area contributed by atoms with Crippen LogP contribution in [0.3, 0.4) is 0 Å². The summed E-state index contributed by atoms with van der Waals surface area (Å²) >= 11 is 0. The summed E-state index contributed by atoms with van der Waals surface area (Å²) in [6.45, 7) is 0.0359. The molecule has 0 atom stereocenters. The Morgan fingerprint density at radius 3 is 2.95 bits per heavy atom. The van der Waals surface area contributed by atoms with E-state index in [4.69, 9.17) is 4.74 Å². The van der Waals surface area contributed by atoms with E-state index in [0.717, 1.165) is 0 Å². The third kappa shape index (κ3) is 2.47. The highest BCUT2D eigenvalue weighted by Gasteiger charge is 2.23. The van der Waals surface area contributed by atoms with Gasteiger partial charge in [-0.15, -0.1) is 0 Å². The van der Waals surface area contributed by atoms with Crippen molar-refractivity contribution in [3.05, 3.63) is 6.20 Å². The highest BCUT2D eigenvalue weighted by Crippen LogP contribution is 2.29. The molecule has 0 unspecified atom stereocenters. The lowest BCUT2D eigenvalue weighted by Gasteiger charge is -2.31. The van der Waals surface area contributed by atoms with Gasteiger partial charge in [0.05, 0.1) is 6.20 Å². The van der Waals surface area contributed by atoms with Crippen LogP contribution < -0.4 is 15.0 Å². The molecule has 6 heteroatoms. The van der Waals surface area contributed by atoms with E-state index < -0.39 is 0 Å². The highest BCUT2D eigenvalue weighted by molar-refractivity contribution is 5.94. The molecule has 1 fully saturated rings. The predicted octanol–water partition coefficient (Wildman–Crippen LogP) is 1.58. The van der Waals surface area contributed by atoms with Gasteiger partial charge in [0.2, 0.25) is 5.95 Å². The van der Waals surface area contributed by atoms with E-state index >= 15 is 0 Å². The van der Waals surface area contributed by atoms with Gasteiger partial charge < -0.3 is 15.0 Å². The van der Waals surface area contributed by atoms with Crippen LogP contribution >= 0.6 is 0 Å². The molecule has 1 aliphatic heterocycles. The van der Waals surface area contributed by atoms with Crippen LogP contribution in [0.15, 0.2) is 6.20 Å². The third-order valence-electron chi connectivity index (χ3n) is 3.80. The molecule has 0 radical (unpaired) electrons. The maximum atomic E-state index is 11.3. The summed E-state index contributed by atoms with van der Waals surface area (Å²) in [5.74, 6) is 1.50. The summed E-state index contributed by atoms with van der Waals surface area (Å²) in [6.07, 6.45) is 7.84. The number of aromatic nitrogens is 2. The smallest absolute Gasteiger partial charge is 0.263 e. The largest absolute Gasteiger partial charge is 0.478 e. The third-order valence-corrected chi connectivity index (χ3v) is 3.80. The molecular formula is C13H18N4O2. The lowest BCUT2D eigenvalue weighted by molar-refractivity contribution is -0.118. The number of carbonyl (C=O) groups excluding carboxylic acids is 1. The number of rotatable bonds is 2. The minimum absolute atomic E-state index is 0.0359. The average Bonchev–Trinajstić information content (AvgIpc) is 2.46. The number of hydrogen-bond donors (Lipinski definition) is 1. The topological polar surface area (TPSA) is 67.4 Å². The van der Waals surface area contributed by atoms with Crippen molar-refractivity contribution in [3.8, 4) is 5.75 Å². The number of nitrogens with one attached hydrogen (secondary N) is 1. The first-order chi connectivity index (χ1) is 9.24. The van der Waals surface area contributed by atoms with E-state index in [1.807, 2.05) is 7.05 Å². The van der Waals surface area contributed by atoms with Gasteiger partial charge in [0.1, 0.15) is 0 Å². The fourth-order valence-electron chi connectivity index (χ4n) is 2.67. The number of hydrogen-bond acceptors (Lipinski definition) is 5. The van der Waals surface area contributed by atoms with E-state index in [2.05, 4.69) is 20.2 Å². The highest BCUT2D eigenvalue weighted by atomic mass is 16.5. The van der Waals surface area contributed by atoms with Crippen molar-refractivity contribution in [3.63, 3.8) is 0 Å². The molecule has 0 spiro atoms. The molecule has 1 aliphatic carbocycles. The van der Waals surface area contributed by atoms with Crippen LogP contribution in [0.25, 0.3) is 0 Å². The Balaban J connectivity index is 1.80. The fourth-order valence-corrected chi connectivity index (χ4v) is 2.67. The van der Waals surface area contributed by atoms with Gasteiger partial charge in [0.25, 0.3) is 5.91 Å². The van der Waals surface area contributed by atoms with Gasteiger partial charge in [-0.25, -0.2) is 4.98 Å². The Kier molecular flexibility index (Phi) is 3.23. The molecular weight excluding hydrogens is 244 g/mol. The summed E-state index contributed by atoms with van der Waals surface area (Å²) in [6, 6.07) is 0.493. The summed E-state index contributed by atoms with van der Waals surface area (Å²) in [5, 5.41) is 2.72. The van der Waals surface area contributed by atoms with Gasteiger partial charge >= 0.3 is 0 Å². The number of amides is 1. The number of fused-ring (bicyclic) bond motifs is 1. The van der Waals surface area contributed by atoms with E-state index in [9.17, 15) is 4.79 Å². The first kappa shape index (κ1) is 12.2. The van der Waals surface area contributed by atoms with Gasteiger partial charge in [-0.05, 0) is 12.8 Å². The van der Waals surface area contributed by atoms with Crippen molar-refractivity contribution < 1.29 is 9.53 Å². The van der Waals surface area contributed by atoms with Gasteiger partial charge in [-0.1, -0.05) is 19.3 Å². The van der Waals surface area contributed by atoms with E-state index in [-0.39, 0.29) is 12.5 Å². The van der Waals surface area contributed by atoms with Crippen LogP contribution in [0, 0.1) is 0 Å². The normalized spacial score (nSPS) is 19.3. The van der Waals surface area contributed by atoms with Crippen LogP contribution in [0.4, 0.5) is 11.8 Å². The number of ether oxygens (including phenoxy) is 1. The molecule has 2 heterocycles. The number of carbonyl (C=O) groups is 1. The monoisotopic (exact) mass is 262 g/mol. The molecule has 1 amide bonds. The van der Waals surface area contributed by atoms with Gasteiger partial charge in [0.15, 0.2) is 18.2 Å². The quantitative estimate of drug-likeness (QED) is 0.876. The van der Waals surface area contributed by atoms with Crippen molar-refractivity contribution in [1.29, 1.82) is 0 Å². The van der Waals surface area contributed by atoms with Crippen LogP contribution in [0.1, 0.15) is 32.1 Å². The Labute approximate surface area is 112 Å². The Morgan fingerprint density at radius 2 is 2.16 bits per heavy atom. The summed E-state index contributed by atoms with van der Waals surface area (Å²) in [4.78, 5) is 22.1. The molecule has 1 aromatic heterocycles. The van der Waals surface area contributed by atoms with E-state index in [1.165, 1.54) is 32.1 Å². The minimum Gasteiger partial charge on any atom is -0.478 e. The first-order valence-corrected chi connectivity index (χ1v) is 6.76. The molecule has 2 aliphatic rings. The lowest BCUT2D eigenvalue weighted by atomic mass is 9.95. The van der Waals surface area contributed by atoms with Crippen LogP contribution in [-0.2, 0) is 4.79 Å². The number of nitrogens with zero attached hydrogens (tertiary/aromatic N) is 3. The molecule has 0 aromatic carbocycles. The molecule has 3 rings (SSSR count). The lowest BCUT2D eigenvalue weighted by Crippen LogP contribution is -2.35. The summed E-state index contributed by atoms with van der Waals surface area (Å²) in [7, 11) is 2.02. The summed E-state index contributed by atoms with van der Waals surface area (Å²) in [5.41, 5.74) is 0. The van der Waals surface area contributed by atoms with Crippen LogP contribution in [0.5, 0.6) is 5.75 Å². The molecule has 0 saturated heterocycles. The van der Waals surface area contributed by atoms with Crippen molar-refractivity contribution in [2.24, 2.45) is 0 Å². The van der Waals surface area contributed by atoms with Crippen LogP contribution in [-0.4, -0.2) is 35.6 Å². The van der Waals surface area contributed by atoms with Crippen molar-refractivity contribution in [2.75, 3.05) is 23.9 Å². The summed E-state index contributed by atoms with van der Waals surface area (Å²) < 4.78 is 5.26. The average molecular weight is 262 g/mol. The zero-order valence-corrected chi connectivity index (χ0v) is 11.1. The first-order valence-electron chi connectivity index (χ1n) is 6.76. The zero-order chi connectivity index (χ0) is 13.2. The standard InChI is InChI=1S/C13H18N4O2/c1-17(9-5-3-2-4-6-9)13-14-7-10-12(16-13)15-11(18)8-19-10/h7,9H,2-6,8H2,1H3,(H,14,15,16,18). The van der Waals surface area contributed by atoms with Crippen molar-refractivity contribution in [2.45, 2.75) is 38.1 Å². The van der Waals surface area contributed by atoms with Gasteiger partial charge in [-0.2, -0.15) is 4.98 Å². The molecule has 1 aromatic rings. The Hall–Kier alpha value is -1.85. The molecule has 102 valence electrons. The zero-order valence-electron chi connectivity index (χ0n) is 11.1. The van der Waals surface area contributed by atoms with Crippen molar-refractivity contribution >= 4 is 17.7 Å². The van der Waals surface area contributed by atoms with E-state index in [1.54, 1.807) is 6.20 Å². The maximum Gasteiger partial charge on any atom is 0.263 e. The SMILES string of the molecule is CN(c1ncc2c(n1)NC(=O)CO2)C1CCCCC1. The molecule has 0 bridgehead atoms. The minimum atomic E-state index is -0.169. The van der Waals surface area contributed by atoms with Gasteiger partial charge in [-0.3, -0.25) is 4.79 Å². The Morgan fingerprint density at radius 1 is 1.37 bits per heavy atom.